The standard InChI is InChI=1S/C14H18N6O/c1-15-13-9-16-8-10(18-13)11-4-3-7-20(11)14(21)12-5-6-17-19(12)2/h5-6,8-9,11H,3-4,7H2,1-2H3,(H,15,18)/t11-/m0/s1. The number of carbonyl (C=O) groups is 1. The molecule has 1 atom stereocenters. The highest BCUT2D eigenvalue weighted by atomic mass is 16.2. The zero-order valence-corrected chi connectivity index (χ0v) is 12.2. The monoisotopic (exact) mass is 286 g/mol. The van der Waals surface area contributed by atoms with Crippen molar-refractivity contribution in [1.82, 2.24) is 24.6 Å². The van der Waals surface area contributed by atoms with Crippen molar-refractivity contribution in [2.24, 2.45) is 7.05 Å². The first-order chi connectivity index (χ1) is 10.2. The lowest BCUT2D eigenvalue weighted by Crippen LogP contribution is -2.32. The molecule has 0 aliphatic carbocycles. The van der Waals surface area contributed by atoms with E-state index in [1.807, 2.05) is 4.90 Å². The predicted molar refractivity (Wildman–Crippen MR) is 77.8 cm³/mol. The Morgan fingerprint density at radius 3 is 3.00 bits per heavy atom. The Morgan fingerprint density at radius 1 is 1.43 bits per heavy atom. The lowest BCUT2D eigenvalue weighted by atomic mass is 10.1. The van der Waals surface area contributed by atoms with E-state index in [0.717, 1.165) is 25.1 Å². The van der Waals surface area contributed by atoms with Crippen molar-refractivity contribution >= 4 is 11.7 Å². The zero-order chi connectivity index (χ0) is 14.8. The van der Waals surface area contributed by atoms with E-state index in [1.54, 1.807) is 43.4 Å². The number of carbonyl (C=O) groups excluding carboxylic acids is 1. The van der Waals surface area contributed by atoms with Crippen LogP contribution in [0.5, 0.6) is 0 Å². The van der Waals surface area contributed by atoms with Crippen molar-refractivity contribution in [3.8, 4) is 0 Å². The first-order valence-corrected chi connectivity index (χ1v) is 6.99. The predicted octanol–water partition coefficient (Wildman–Crippen LogP) is 1.23. The van der Waals surface area contributed by atoms with E-state index in [4.69, 9.17) is 0 Å². The number of nitrogens with zero attached hydrogens (tertiary/aromatic N) is 5. The Labute approximate surface area is 123 Å². The molecule has 1 saturated heterocycles. The quantitative estimate of drug-likeness (QED) is 0.918. The second kappa shape index (κ2) is 5.51. The number of anilines is 1. The summed E-state index contributed by atoms with van der Waals surface area (Å²) in [4.78, 5) is 23.2. The van der Waals surface area contributed by atoms with Crippen molar-refractivity contribution in [3.05, 3.63) is 36.0 Å². The van der Waals surface area contributed by atoms with Crippen LogP contribution < -0.4 is 5.32 Å². The van der Waals surface area contributed by atoms with Crippen molar-refractivity contribution in [2.75, 3.05) is 18.9 Å². The molecule has 3 heterocycles. The Kier molecular flexibility index (Phi) is 3.55. The van der Waals surface area contributed by atoms with Crippen LogP contribution in [0, 0.1) is 0 Å². The fourth-order valence-corrected chi connectivity index (χ4v) is 2.71. The van der Waals surface area contributed by atoms with Gasteiger partial charge in [-0.2, -0.15) is 5.10 Å². The summed E-state index contributed by atoms with van der Waals surface area (Å²) in [6.07, 6.45) is 6.93. The zero-order valence-electron chi connectivity index (χ0n) is 12.2. The van der Waals surface area contributed by atoms with Crippen LogP contribution in [-0.2, 0) is 7.05 Å². The van der Waals surface area contributed by atoms with Crippen molar-refractivity contribution in [3.63, 3.8) is 0 Å². The van der Waals surface area contributed by atoms with Gasteiger partial charge < -0.3 is 10.2 Å². The third-order valence-electron chi connectivity index (χ3n) is 3.80. The lowest BCUT2D eigenvalue weighted by molar-refractivity contribution is 0.0721. The van der Waals surface area contributed by atoms with Crippen LogP contribution >= 0.6 is 0 Å². The molecular weight excluding hydrogens is 268 g/mol. The van der Waals surface area contributed by atoms with Gasteiger partial charge in [-0.3, -0.25) is 14.5 Å². The SMILES string of the molecule is CNc1cncc([C@@H]2CCCN2C(=O)c2ccnn2C)n1. The second-order valence-electron chi connectivity index (χ2n) is 5.08. The maximum absolute atomic E-state index is 12.7. The second-order valence-corrected chi connectivity index (χ2v) is 5.08. The summed E-state index contributed by atoms with van der Waals surface area (Å²) in [6, 6.07) is 1.72. The Balaban J connectivity index is 1.88. The van der Waals surface area contributed by atoms with Gasteiger partial charge in [-0.25, -0.2) is 4.98 Å². The van der Waals surface area contributed by atoms with Crippen LogP contribution in [0.15, 0.2) is 24.7 Å². The molecule has 3 rings (SSSR count). The summed E-state index contributed by atoms with van der Waals surface area (Å²) in [6.45, 7) is 0.736. The van der Waals surface area contributed by atoms with Gasteiger partial charge in [-0.15, -0.1) is 0 Å². The van der Waals surface area contributed by atoms with Crippen LogP contribution in [0.25, 0.3) is 0 Å². The number of rotatable bonds is 3. The van der Waals surface area contributed by atoms with Gasteiger partial charge in [-0.1, -0.05) is 0 Å². The molecule has 0 radical (unpaired) electrons. The van der Waals surface area contributed by atoms with E-state index < -0.39 is 0 Å². The first-order valence-electron chi connectivity index (χ1n) is 6.99. The maximum atomic E-state index is 12.7. The van der Waals surface area contributed by atoms with Crippen molar-refractivity contribution in [1.29, 1.82) is 0 Å². The van der Waals surface area contributed by atoms with E-state index in [9.17, 15) is 4.79 Å². The van der Waals surface area contributed by atoms with Crippen LogP contribution in [-0.4, -0.2) is 44.1 Å². The largest absolute Gasteiger partial charge is 0.372 e. The molecule has 110 valence electrons. The van der Waals surface area contributed by atoms with E-state index in [2.05, 4.69) is 20.4 Å². The highest BCUT2D eigenvalue weighted by molar-refractivity contribution is 5.93. The molecule has 1 N–H and O–H groups in total. The third-order valence-corrected chi connectivity index (χ3v) is 3.80. The van der Waals surface area contributed by atoms with Gasteiger partial charge >= 0.3 is 0 Å². The molecule has 2 aromatic heterocycles. The molecule has 2 aromatic rings. The number of hydrogen-bond acceptors (Lipinski definition) is 5. The molecule has 1 amide bonds. The summed E-state index contributed by atoms with van der Waals surface area (Å²) in [7, 11) is 3.58. The molecule has 0 unspecified atom stereocenters. The van der Waals surface area contributed by atoms with Gasteiger partial charge in [0.2, 0.25) is 0 Å². The number of likely N-dealkylation sites (tertiary alicyclic amines) is 1. The van der Waals surface area contributed by atoms with Crippen LogP contribution in [0.3, 0.4) is 0 Å². The lowest BCUT2D eigenvalue weighted by Gasteiger charge is -2.24. The summed E-state index contributed by atoms with van der Waals surface area (Å²) < 4.78 is 1.60. The molecule has 7 nitrogen and oxygen atoms in total. The summed E-state index contributed by atoms with van der Waals surface area (Å²) in [5.41, 5.74) is 1.43. The Bertz CT molecular complexity index is 652. The molecule has 0 spiro atoms. The van der Waals surface area contributed by atoms with Crippen LogP contribution in [0.2, 0.25) is 0 Å². The molecule has 1 aliphatic heterocycles. The number of hydrogen-bond donors (Lipinski definition) is 1. The van der Waals surface area contributed by atoms with Gasteiger partial charge in [0.15, 0.2) is 0 Å². The Morgan fingerprint density at radius 2 is 2.29 bits per heavy atom. The van der Waals surface area contributed by atoms with Gasteiger partial charge in [0.05, 0.1) is 24.1 Å². The van der Waals surface area contributed by atoms with E-state index >= 15 is 0 Å². The number of amides is 1. The van der Waals surface area contributed by atoms with Crippen LogP contribution in [0.1, 0.15) is 35.1 Å². The molecule has 0 bridgehead atoms. The van der Waals surface area contributed by atoms with Crippen molar-refractivity contribution < 1.29 is 4.79 Å². The minimum atomic E-state index is -0.0202. The summed E-state index contributed by atoms with van der Waals surface area (Å²) >= 11 is 0. The number of aryl methyl sites for hydroxylation is 1. The molecular formula is C14H18N6O. The van der Waals surface area contributed by atoms with Crippen LogP contribution in [0.4, 0.5) is 5.82 Å². The highest BCUT2D eigenvalue weighted by Crippen LogP contribution is 2.32. The summed E-state index contributed by atoms with van der Waals surface area (Å²) in [5, 5.41) is 7.05. The number of aromatic nitrogens is 4. The Hall–Kier alpha value is -2.44. The normalized spacial score (nSPS) is 18.0. The molecule has 0 saturated carbocycles. The topological polar surface area (TPSA) is 75.9 Å². The van der Waals surface area contributed by atoms with E-state index in [-0.39, 0.29) is 11.9 Å². The minimum Gasteiger partial charge on any atom is -0.372 e. The van der Waals surface area contributed by atoms with Gasteiger partial charge in [0.25, 0.3) is 5.91 Å². The highest BCUT2D eigenvalue weighted by Gasteiger charge is 2.32. The summed E-state index contributed by atoms with van der Waals surface area (Å²) in [5.74, 6) is 0.710. The molecule has 1 fully saturated rings. The maximum Gasteiger partial charge on any atom is 0.272 e. The number of nitrogens with one attached hydrogen (secondary N) is 1. The molecule has 21 heavy (non-hydrogen) atoms. The van der Waals surface area contributed by atoms with E-state index in [0.29, 0.717) is 11.5 Å². The fraction of sp³-hybridized carbons (Fsp3) is 0.429. The molecule has 0 aromatic carbocycles. The first kappa shape index (κ1) is 13.5. The van der Waals surface area contributed by atoms with Crippen molar-refractivity contribution in [2.45, 2.75) is 18.9 Å². The van der Waals surface area contributed by atoms with Gasteiger partial charge in [0, 0.05) is 26.8 Å². The smallest absolute Gasteiger partial charge is 0.272 e. The fourth-order valence-electron chi connectivity index (χ4n) is 2.71. The third kappa shape index (κ3) is 2.46. The average molecular weight is 286 g/mol. The molecule has 1 aliphatic rings. The van der Waals surface area contributed by atoms with Gasteiger partial charge in [0.1, 0.15) is 11.5 Å². The van der Waals surface area contributed by atoms with Gasteiger partial charge in [-0.05, 0) is 18.9 Å². The van der Waals surface area contributed by atoms with E-state index in [1.165, 1.54) is 0 Å². The molecule has 7 heteroatoms. The average Bonchev–Trinajstić information content (AvgIpc) is 3.15. The minimum absolute atomic E-state index is 0.00541.